The lowest BCUT2D eigenvalue weighted by molar-refractivity contribution is 0.241. The Bertz CT molecular complexity index is 1330. The fourth-order valence-corrected chi connectivity index (χ4v) is 4.94. The number of benzene rings is 2. The molecule has 0 saturated carbocycles. The molecule has 4 aromatic rings. The third-order valence-electron chi connectivity index (χ3n) is 5.95. The van der Waals surface area contributed by atoms with Gasteiger partial charge in [0.2, 0.25) is 5.89 Å². The van der Waals surface area contributed by atoms with E-state index >= 15 is 0 Å². The third kappa shape index (κ3) is 4.93. The molecule has 2 aromatic carbocycles. The zero-order valence-electron chi connectivity index (χ0n) is 19.2. The largest absolute Gasteiger partial charge is 0.497 e. The van der Waals surface area contributed by atoms with Gasteiger partial charge in [-0.15, -0.1) is 0 Å². The molecule has 1 aliphatic heterocycles. The van der Waals surface area contributed by atoms with Crippen LogP contribution in [0, 0.1) is 6.92 Å². The number of hydrogen-bond acceptors (Lipinski definition) is 7. The van der Waals surface area contributed by atoms with Crippen molar-refractivity contribution in [2.45, 2.75) is 37.3 Å². The average Bonchev–Trinajstić information content (AvgIpc) is 3.24. The third-order valence-corrected chi connectivity index (χ3v) is 6.83. The summed E-state index contributed by atoms with van der Waals surface area (Å²) in [7, 11) is 1.64. The van der Waals surface area contributed by atoms with Crippen molar-refractivity contribution in [1.29, 1.82) is 0 Å². The molecule has 0 radical (unpaired) electrons. The molecule has 1 aliphatic rings. The quantitative estimate of drug-likeness (QED) is 0.310. The second-order valence-electron chi connectivity index (χ2n) is 8.28. The summed E-state index contributed by atoms with van der Waals surface area (Å²) in [6.45, 7) is 4.24. The molecule has 3 heterocycles. The van der Waals surface area contributed by atoms with Crippen LogP contribution in [-0.2, 0) is 25.3 Å². The maximum Gasteiger partial charge on any atom is 0.256 e. The molecule has 5 rings (SSSR count). The molecule has 8 heteroatoms. The minimum Gasteiger partial charge on any atom is -0.497 e. The fourth-order valence-electron chi connectivity index (χ4n) is 4.06. The predicted molar refractivity (Wildman–Crippen MR) is 132 cm³/mol. The second kappa shape index (κ2) is 9.87. The Hall–Kier alpha value is -3.36. The molecule has 0 atom stereocenters. The van der Waals surface area contributed by atoms with Crippen LogP contribution in [0.2, 0.25) is 0 Å². The van der Waals surface area contributed by atoms with Gasteiger partial charge in [-0.25, -0.2) is 9.97 Å². The lowest BCUT2D eigenvalue weighted by atomic mass is 10.1. The van der Waals surface area contributed by atoms with Gasteiger partial charge in [-0.3, -0.25) is 9.69 Å². The van der Waals surface area contributed by atoms with E-state index in [4.69, 9.17) is 14.1 Å². The molecular weight excluding hydrogens is 448 g/mol. The highest BCUT2D eigenvalue weighted by Crippen LogP contribution is 2.28. The molecule has 0 saturated heterocycles. The molecule has 0 aliphatic carbocycles. The number of methoxy groups -OCH3 is 1. The molecule has 174 valence electrons. The number of oxazole rings is 1. The van der Waals surface area contributed by atoms with E-state index < -0.39 is 0 Å². The summed E-state index contributed by atoms with van der Waals surface area (Å²) in [5.41, 5.74) is 4.59. The van der Waals surface area contributed by atoms with Crippen LogP contribution >= 0.6 is 11.8 Å². The first-order chi connectivity index (χ1) is 16.6. The van der Waals surface area contributed by atoms with Gasteiger partial charge in [-0.2, -0.15) is 0 Å². The maximum absolute atomic E-state index is 12.8. The van der Waals surface area contributed by atoms with Crippen LogP contribution in [0.1, 0.15) is 28.3 Å². The van der Waals surface area contributed by atoms with Crippen molar-refractivity contribution in [2.75, 3.05) is 13.7 Å². The minimum atomic E-state index is -0.0546. The minimum absolute atomic E-state index is 0.0546. The highest BCUT2D eigenvalue weighted by Gasteiger charge is 2.22. The number of nitrogens with zero attached hydrogens (tertiary/aromatic N) is 3. The first-order valence-corrected chi connectivity index (χ1v) is 12.2. The molecule has 0 fully saturated rings. The Balaban J connectivity index is 1.26. The van der Waals surface area contributed by atoms with Crippen molar-refractivity contribution in [3.8, 4) is 17.2 Å². The highest BCUT2D eigenvalue weighted by molar-refractivity contribution is 7.98. The standard InChI is InChI=1S/C26H26N4O3S/c1-17-23(27-25(33-17)19-8-10-20(32-2)11-9-19)16-34-26-28-22-12-13-30(15-21(22)24(31)29-26)14-18-6-4-3-5-7-18/h3-11H,12-16H2,1-2H3,(H,28,29,31). The smallest absolute Gasteiger partial charge is 0.256 e. The van der Waals surface area contributed by atoms with Gasteiger partial charge < -0.3 is 14.1 Å². The summed E-state index contributed by atoms with van der Waals surface area (Å²) in [6, 6.07) is 17.9. The van der Waals surface area contributed by atoms with Gasteiger partial charge in [-0.05, 0) is 36.8 Å². The number of H-pyrrole nitrogens is 1. The molecule has 1 N–H and O–H groups in total. The predicted octanol–water partition coefficient (Wildman–Crippen LogP) is 4.59. The average molecular weight is 475 g/mol. The summed E-state index contributed by atoms with van der Waals surface area (Å²) in [5, 5.41) is 0.619. The van der Waals surface area contributed by atoms with Gasteiger partial charge in [0.05, 0.1) is 24.1 Å². The topological polar surface area (TPSA) is 84.2 Å². The number of rotatable bonds is 7. The Morgan fingerprint density at radius 3 is 2.68 bits per heavy atom. The number of ether oxygens (including phenoxy) is 1. The van der Waals surface area contributed by atoms with Crippen molar-refractivity contribution < 1.29 is 9.15 Å². The summed E-state index contributed by atoms with van der Waals surface area (Å²) >= 11 is 1.47. The van der Waals surface area contributed by atoms with E-state index in [0.29, 0.717) is 23.3 Å². The lowest BCUT2D eigenvalue weighted by Gasteiger charge is -2.27. The molecule has 7 nitrogen and oxygen atoms in total. The van der Waals surface area contributed by atoms with E-state index in [-0.39, 0.29) is 5.56 Å². The molecular formula is C26H26N4O3S. The number of fused-ring (bicyclic) bond motifs is 1. The van der Waals surface area contributed by atoms with Gasteiger partial charge in [0.1, 0.15) is 11.5 Å². The van der Waals surface area contributed by atoms with Crippen molar-refractivity contribution in [1.82, 2.24) is 19.9 Å². The van der Waals surface area contributed by atoms with Crippen molar-refractivity contribution in [3.63, 3.8) is 0 Å². The van der Waals surface area contributed by atoms with Crippen LogP contribution in [0.5, 0.6) is 5.75 Å². The lowest BCUT2D eigenvalue weighted by Crippen LogP contribution is -2.35. The van der Waals surface area contributed by atoms with E-state index in [1.165, 1.54) is 17.3 Å². The van der Waals surface area contributed by atoms with E-state index in [0.717, 1.165) is 53.5 Å². The van der Waals surface area contributed by atoms with Crippen molar-refractivity contribution in [2.24, 2.45) is 0 Å². The van der Waals surface area contributed by atoms with Crippen LogP contribution in [0.4, 0.5) is 0 Å². The van der Waals surface area contributed by atoms with Gasteiger partial charge >= 0.3 is 0 Å². The van der Waals surface area contributed by atoms with Gasteiger partial charge in [0, 0.05) is 37.4 Å². The van der Waals surface area contributed by atoms with Gasteiger partial charge in [0.15, 0.2) is 5.16 Å². The maximum atomic E-state index is 12.8. The molecule has 34 heavy (non-hydrogen) atoms. The van der Waals surface area contributed by atoms with Crippen LogP contribution < -0.4 is 10.3 Å². The normalized spacial score (nSPS) is 13.6. The van der Waals surface area contributed by atoms with E-state index in [2.05, 4.69) is 27.0 Å². The Kier molecular flexibility index (Phi) is 6.51. The van der Waals surface area contributed by atoms with Crippen LogP contribution in [0.3, 0.4) is 0 Å². The second-order valence-corrected chi connectivity index (χ2v) is 9.25. The summed E-state index contributed by atoms with van der Waals surface area (Å²) in [5.74, 6) is 2.68. The van der Waals surface area contributed by atoms with Crippen LogP contribution in [0.25, 0.3) is 11.5 Å². The molecule has 0 amide bonds. The Morgan fingerprint density at radius 2 is 1.91 bits per heavy atom. The monoisotopic (exact) mass is 474 g/mol. The Labute approximate surface area is 202 Å². The first kappa shape index (κ1) is 22.4. The van der Waals surface area contributed by atoms with E-state index in [1.807, 2.05) is 49.4 Å². The number of nitrogens with one attached hydrogen (secondary N) is 1. The molecule has 0 bridgehead atoms. The summed E-state index contributed by atoms with van der Waals surface area (Å²) < 4.78 is 11.1. The first-order valence-electron chi connectivity index (χ1n) is 11.2. The molecule has 0 unspecified atom stereocenters. The van der Waals surface area contributed by atoms with Crippen molar-refractivity contribution >= 4 is 11.8 Å². The van der Waals surface area contributed by atoms with E-state index in [1.54, 1.807) is 7.11 Å². The van der Waals surface area contributed by atoms with Crippen LogP contribution in [-0.4, -0.2) is 33.5 Å². The number of aromatic amines is 1. The van der Waals surface area contributed by atoms with Crippen molar-refractivity contribution in [3.05, 3.63) is 93.2 Å². The highest BCUT2D eigenvalue weighted by atomic mass is 32.2. The van der Waals surface area contributed by atoms with Gasteiger partial charge in [0.25, 0.3) is 5.56 Å². The summed E-state index contributed by atoms with van der Waals surface area (Å²) in [6.07, 6.45) is 0.768. The molecule has 2 aromatic heterocycles. The summed E-state index contributed by atoms with van der Waals surface area (Å²) in [4.78, 5) is 27.5. The number of thioether (sulfide) groups is 1. The fraction of sp³-hybridized carbons (Fsp3) is 0.269. The van der Waals surface area contributed by atoms with Gasteiger partial charge in [-0.1, -0.05) is 42.1 Å². The number of hydrogen-bond donors (Lipinski definition) is 1. The van der Waals surface area contributed by atoms with Crippen LogP contribution in [0.15, 0.2) is 69.0 Å². The molecule has 0 spiro atoms. The SMILES string of the molecule is COc1ccc(-c2nc(CSc3nc4c(c(=O)[nH]3)CN(Cc3ccccc3)CC4)c(C)o2)cc1. The zero-order chi connectivity index (χ0) is 23.5. The number of aryl methyl sites for hydroxylation is 1. The zero-order valence-corrected chi connectivity index (χ0v) is 20.0. The Morgan fingerprint density at radius 1 is 1.12 bits per heavy atom. The number of aromatic nitrogens is 3. The van der Waals surface area contributed by atoms with E-state index in [9.17, 15) is 4.79 Å².